The molecule has 0 fully saturated rings. The highest BCUT2D eigenvalue weighted by molar-refractivity contribution is 5.93. The molecule has 0 aliphatic heterocycles. The zero-order chi connectivity index (χ0) is 17.5. The molecule has 0 aliphatic rings. The number of nitrogens with zero attached hydrogens (tertiary/aromatic N) is 2. The molecule has 0 radical (unpaired) electrons. The molecule has 1 N–H and O–H groups in total. The van der Waals surface area contributed by atoms with Crippen LogP contribution in [0.5, 0.6) is 0 Å². The number of hydrogen-bond acceptors (Lipinski definition) is 3. The molecule has 0 bridgehead atoms. The molecule has 0 atom stereocenters. The molecule has 5 rings (SSSR count). The van der Waals surface area contributed by atoms with Crippen LogP contribution in [-0.4, -0.2) is 14.5 Å². The fourth-order valence-corrected chi connectivity index (χ4v) is 3.32. The molecule has 0 saturated heterocycles. The Kier molecular flexibility index (Phi) is 3.37. The molecule has 5 aromatic rings. The molecular weight excluding hydrogens is 324 g/mol. The Labute approximate surface area is 150 Å². The van der Waals surface area contributed by atoms with Crippen LogP contribution in [0.4, 0.5) is 0 Å². The van der Waals surface area contributed by atoms with Gasteiger partial charge < -0.3 is 13.9 Å². The van der Waals surface area contributed by atoms with Gasteiger partial charge in [-0.2, -0.15) is 0 Å². The monoisotopic (exact) mass is 340 g/mol. The van der Waals surface area contributed by atoms with Crippen molar-refractivity contribution in [3.05, 3.63) is 84.9 Å². The molecule has 0 amide bonds. The Hall–Kier alpha value is -3.37. The van der Waals surface area contributed by atoms with Crippen molar-refractivity contribution in [1.82, 2.24) is 9.38 Å². The molecular formula is C22H16N2O2. The number of imidazole rings is 1. The molecule has 126 valence electrons. The Bertz CT molecular complexity index is 1230. The maximum Gasteiger partial charge on any atom is 0.137 e. The zero-order valence-corrected chi connectivity index (χ0v) is 14.0. The molecule has 3 aromatic heterocycles. The molecule has 0 aliphatic carbocycles. The highest BCUT2D eigenvalue weighted by Crippen LogP contribution is 2.30. The van der Waals surface area contributed by atoms with Gasteiger partial charge in [0.15, 0.2) is 0 Å². The summed E-state index contributed by atoms with van der Waals surface area (Å²) in [5, 5.41) is 10.4. The number of rotatable bonds is 3. The standard InChI is InChI=1S/C22H16N2O2/c25-13-15-4-3-5-16(10-15)17-8-9-22-23-20(12-24(22)11-17)19-14-26-21-7-2-1-6-18(19)21/h1-12,14,25H,13H2. The topological polar surface area (TPSA) is 50.7 Å². The summed E-state index contributed by atoms with van der Waals surface area (Å²) in [4.78, 5) is 4.74. The van der Waals surface area contributed by atoms with Crippen molar-refractivity contribution in [3.8, 4) is 22.4 Å². The summed E-state index contributed by atoms with van der Waals surface area (Å²) in [6.45, 7) is 0.0405. The van der Waals surface area contributed by atoms with Gasteiger partial charge in [-0.15, -0.1) is 0 Å². The van der Waals surface area contributed by atoms with E-state index in [4.69, 9.17) is 9.40 Å². The first-order valence-corrected chi connectivity index (χ1v) is 8.47. The van der Waals surface area contributed by atoms with Crippen molar-refractivity contribution < 1.29 is 9.52 Å². The van der Waals surface area contributed by atoms with Gasteiger partial charge >= 0.3 is 0 Å². The number of aromatic nitrogens is 2. The van der Waals surface area contributed by atoms with E-state index in [0.717, 1.165) is 44.6 Å². The van der Waals surface area contributed by atoms with Crippen LogP contribution in [0.15, 0.2) is 83.7 Å². The van der Waals surface area contributed by atoms with E-state index in [2.05, 4.69) is 12.3 Å². The Morgan fingerprint density at radius 1 is 0.923 bits per heavy atom. The van der Waals surface area contributed by atoms with E-state index in [1.807, 2.05) is 65.2 Å². The molecule has 3 heterocycles. The van der Waals surface area contributed by atoms with Gasteiger partial charge in [0.2, 0.25) is 0 Å². The number of aliphatic hydroxyl groups excluding tert-OH is 1. The maximum absolute atomic E-state index is 9.35. The van der Waals surface area contributed by atoms with Crippen LogP contribution in [0.25, 0.3) is 39.0 Å². The number of pyridine rings is 1. The van der Waals surface area contributed by atoms with Crippen molar-refractivity contribution in [2.75, 3.05) is 0 Å². The Balaban J connectivity index is 1.62. The van der Waals surface area contributed by atoms with Crippen molar-refractivity contribution in [2.24, 2.45) is 0 Å². The normalized spacial score (nSPS) is 11.4. The second-order valence-corrected chi connectivity index (χ2v) is 6.31. The molecule has 2 aromatic carbocycles. The first-order valence-electron chi connectivity index (χ1n) is 8.47. The van der Waals surface area contributed by atoms with Crippen LogP contribution in [0.3, 0.4) is 0 Å². The summed E-state index contributed by atoms with van der Waals surface area (Å²) in [6.07, 6.45) is 5.84. The molecule has 4 nitrogen and oxygen atoms in total. The minimum Gasteiger partial charge on any atom is -0.464 e. The number of aliphatic hydroxyl groups is 1. The van der Waals surface area contributed by atoms with Crippen LogP contribution in [-0.2, 0) is 6.61 Å². The van der Waals surface area contributed by atoms with Crippen molar-refractivity contribution in [2.45, 2.75) is 6.61 Å². The number of fused-ring (bicyclic) bond motifs is 2. The van der Waals surface area contributed by atoms with E-state index < -0.39 is 0 Å². The number of benzene rings is 2. The van der Waals surface area contributed by atoms with E-state index in [0.29, 0.717) is 0 Å². The first kappa shape index (κ1) is 14.9. The predicted octanol–water partition coefficient (Wildman–Crippen LogP) is 4.91. The van der Waals surface area contributed by atoms with Gasteiger partial charge in [-0.1, -0.05) is 36.4 Å². The van der Waals surface area contributed by atoms with Crippen molar-refractivity contribution >= 4 is 16.6 Å². The molecule has 0 spiro atoms. The molecule has 0 saturated carbocycles. The Morgan fingerprint density at radius 3 is 2.77 bits per heavy atom. The third kappa shape index (κ3) is 2.39. The fraction of sp³-hybridized carbons (Fsp3) is 0.0455. The number of furan rings is 1. The van der Waals surface area contributed by atoms with Gasteiger partial charge in [-0.3, -0.25) is 0 Å². The summed E-state index contributed by atoms with van der Waals surface area (Å²) < 4.78 is 7.67. The van der Waals surface area contributed by atoms with Crippen molar-refractivity contribution in [1.29, 1.82) is 0 Å². The van der Waals surface area contributed by atoms with Gasteiger partial charge in [-0.25, -0.2) is 4.98 Å². The minimum atomic E-state index is 0.0405. The molecule has 0 unspecified atom stereocenters. The first-order chi connectivity index (χ1) is 12.8. The smallest absolute Gasteiger partial charge is 0.137 e. The lowest BCUT2D eigenvalue weighted by molar-refractivity contribution is 0.282. The van der Waals surface area contributed by atoms with Crippen molar-refractivity contribution in [3.63, 3.8) is 0 Å². The quantitative estimate of drug-likeness (QED) is 0.508. The third-order valence-corrected chi connectivity index (χ3v) is 4.65. The summed E-state index contributed by atoms with van der Waals surface area (Å²) >= 11 is 0. The van der Waals surface area contributed by atoms with Crippen LogP contribution in [0.2, 0.25) is 0 Å². The van der Waals surface area contributed by atoms with Gasteiger partial charge in [0, 0.05) is 23.3 Å². The minimum absolute atomic E-state index is 0.0405. The van der Waals surface area contributed by atoms with E-state index in [9.17, 15) is 5.11 Å². The van der Waals surface area contributed by atoms with Crippen LogP contribution < -0.4 is 0 Å². The van der Waals surface area contributed by atoms with Gasteiger partial charge in [0.05, 0.1) is 12.3 Å². The lowest BCUT2D eigenvalue weighted by Crippen LogP contribution is -1.87. The second-order valence-electron chi connectivity index (χ2n) is 6.31. The zero-order valence-electron chi connectivity index (χ0n) is 14.0. The third-order valence-electron chi connectivity index (χ3n) is 4.65. The Morgan fingerprint density at radius 2 is 1.85 bits per heavy atom. The lowest BCUT2D eigenvalue weighted by Gasteiger charge is -2.04. The predicted molar refractivity (Wildman–Crippen MR) is 102 cm³/mol. The molecule has 4 heteroatoms. The van der Waals surface area contributed by atoms with Crippen LogP contribution >= 0.6 is 0 Å². The summed E-state index contributed by atoms with van der Waals surface area (Å²) in [7, 11) is 0. The summed E-state index contributed by atoms with van der Waals surface area (Å²) in [5.74, 6) is 0. The van der Waals surface area contributed by atoms with E-state index in [1.165, 1.54) is 0 Å². The average molecular weight is 340 g/mol. The number of hydrogen-bond donors (Lipinski definition) is 1. The summed E-state index contributed by atoms with van der Waals surface area (Å²) in [5.41, 5.74) is 6.67. The molecule has 26 heavy (non-hydrogen) atoms. The second kappa shape index (κ2) is 5.86. The van der Waals surface area contributed by atoms with E-state index >= 15 is 0 Å². The SMILES string of the molecule is OCc1cccc(-c2ccc3nc(-c4coc5ccccc45)cn3c2)c1. The average Bonchev–Trinajstić information content (AvgIpc) is 3.31. The highest BCUT2D eigenvalue weighted by Gasteiger charge is 2.11. The van der Waals surface area contributed by atoms with Crippen LogP contribution in [0, 0.1) is 0 Å². The van der Waals surface area contributed by atoms with E-state index in [-0.39, 0.29) is 6.61 Å². The van der Waals surface area contributed by atoms with Crippen LogP contribution in [0.1, 0.15) is 5.56 Å². The number of para-hydroxylation sites is 1. The van der Waals surface area contributed by atoms with E-state index in [1.54, 1.807) is 6.26 Å². The van der Waals surface area contributed by atoms with Gasteiger partial charge in [0.1, 0.15) is 17.5 Å². The fourth-order valence-electron chi connectivity index (χ4n) is 3.32. The highest BCUT2D eigenvalue weighted by atomic mass is 16.3. The summed E-state index contributed by atoms with van der Waals surface area (Å²) in [6, 6.07) is 20.0. The largest absolute Gasteiger partial charge is 0.464 e. The maximum atomic E-state index is 9.35. The van der Waals surface area contributed by atoms with Gasteiger partial charge in [0.25, 0.3) is 0 Å². The van der Waals surface area contributed by atoms with Gasteiger partial charge in [-0.05, 0) is 41.0 Å². The lowest BCUT2D eigenvalue weighted by atomic mass is 10.1.